The smallest absolute Gasteiger partial charge is 0.243 e. The van der Waals surface area contributed by atoms with Crippen molar-refractivity contribution < 1.29 is 4.79 Å². The second-order valence-corrected chi connectivity index (χ2v) is 4.88. The first kappa shape index (κ1) is 12.4. The Morgan fingerprint density at radius 3 is 3.00 bits per heavy atom. The Balaban J connectivity index is 2.42. The van der Waals surface area contributed by atoms with Crippen molar-refractivity contribution in [1.82, 2.24) is 10.2 Å². The van der Waals surface area contributed by atoms with Gasteiger partial charge in [0.05, 0.1) is 0 Å². The number of hydrogen-bond acceptors (Lipinski definition) is 3. The molecular weight excluding hydrogens is 210 g/mol. The van der Waals surface area contributed by atoms with Crippen LogP contribution in [0.2, 0.25) is 0 Å². The van der Waals surface area contributed by atoms with Gasteiger partial charge in [-0.15, -0.1) is 0 Å². The van der Waals surface area contributed by atoms with Gasteiger partial charge in [0.2, 0.25) is 5.91 Å². The fourth-order valence-corrected chi connectivity index (χ4v) is 2.27. The van der Waals surface area contributed by atoms with Gasteiger partial charge < -0.3 is 10.2 Å². The Labute approximate surface area is 95.5 Å². The van der Waals surface area contributed by atoms with Crippen molar-refractivity contribution >= 4 is 22.8 Å². The van der Waals surface area contributed by atoms with Crippen molar-refractivity contribution in [1.29, 1.82) is 0 Å². The highest BCUT2D eigenvalue weighted by Crippen LogP contribution is 2.15. The predicted octanol–water partition coefficient (Wildman–Crippen LogP) is 0.936. The highest BCUT2D eigenvalue weighted by atomic mass is 32.2. The maximum atomic E-state index is 11.3. The van der Waals surface area contributed by atoms with Crippen LogP contribution in [-0.4, -0.2) is 48.4 Å². The molecule has 1 atom stereocenters. The number of carbonyl (C=O) groups is 1. The fraction of sp³-hybridized carbons (Fsp3) is 0.800. The van der Waals surface area contributed by atoms with Gasteiger partial charge in [-0.2, -0.15) is 0 Å². The number of likely N-dealkylation sites (N-methyl/N-ethyl adjacent to an activating group) is 1. The number of amidine groups is 1. The average molecular weight is 229 g/mol. The Bertz CT molecular complexity index is 253. The highest BCUT2D eigenvalue weighted by Gasteiger charge is 2.15. The molecule has 1 aliphatic rings. The molecule has 1 aliphatic heterocycles. The quantitative estimate of drug-likeness (QED) is 0.783. The molecule has 0 aromatic heterocycles. The van der Waals surface area contributed by atoms with E-state index in [4.69, 9.17) is 0 Å². The summed E-state index contributed by atoms with van der Waals surface area (Å²) >= 11 is 1.70. The normalized spacial score (nSPS) is 23.7. The molecule has 15 heavy (non-hydrogen) atoms. The molecule has 1 rings (SSSR count). The molecule has 1 unspecified atom stereocenters. The van der Waals surface area contributed by atoms with Gasteiger partial charge in [0.15, 0.2) is 5.17 Å². The summed E-state index contributed by atoms with van der Waals surface area (Å²) in [6, 6.07) is 0.527. The van der Waals surface area contributed by atoms with Crippen LogP contribution >= 0.6 is 11.8 Å². The van der Waals surface area contributed by atoms with Crippen LogP contribution in [0, 0.1) is 0 Å². The molecular formula is C10H19N3OS. The van der Waals surface area contributed by atoms with E-state index < -0.39 is 0 Å². The number of hydrogen-bond donors (Lipinski definition) is 1. The summed E-state index contributed by atoms with van der Waals surface area (Å²) in [7, 11) is 3.50. The van der Waals surface area contributed by atoms with Crippen molar-refractivity contribution in [2.24, 2.45) is 4.99 Å². The molecule has 0 spiro atoms. The molecule has 86 valence electrons. The first-order valence-corrected chi connectivity index (χ1v) is 6.26. The van der Waals surface area contributed by atoms with Crippen LogP contribution in [-0.2, 0) is 4.79 Å². The Kier molecular flexibility index (Phi) is 4.94. The second kappa shape index (κ2) is 6.00. The first-order chi connectivity index (χ1) is 7.13. The zero-order valence-corrected chi connectivity index (χ0v) is 10.4. The molecule has 0 aromatic rings. The van der Waals surface area contributed by atoms with Crippen LogP contribution in [0.3, 0.4) is 0 Å². The van der Waals surface area contributed by atoms with E-state index in [1.165, 1.54) is 6.42 Å². The number of nitrogens with one attached hydrogen (secondary N) is 1. The molecule has 1 fully saturated rings. The summed E-state index contributed by atoms with van der Waals surface area (Å²) in [4.78, 5) is 17.2. The van der Waals surface area contributed by atoms with E-state index in [9.17, 15) is 4.79 Å². The van der Waals surface area contributed by atoms with Gasteiger partial charge in [0, 0.05) is 25.9 Å². The van der Waals surface area contributed by atoms with Crippen molar-refractivity contribution in [3.05, 3.63) is 0 Å². The molecule has 0 saturated carbocycles. The average Bonchev–Trinajstić information content (AvgIpc) is 2.26. The minimum atomic E-state index is 0.0449. The summed E-state index contributed by atoms with van der Waals surface area (Å²) in [6.45, 7) is 2.41. The van der Waals surface area contributed by atoms with E-state index in [1.807, 2.05) is 0 Å². The maximum Gasteiger partial charge on any atom is 0.243 e. The lowest BCUT2D eigenvalue weighted by atomic mass is 10.2. The highest BCUT2D eigenvalue weighted by molar-refractivity contribution is 8.13. The second-order valence-electron chi connectivity index (χ2n) is 3.80. The Hall–Kier alpha value is -0.710. The minimum absolute atomic E-state index is 0.0449. The summed E-state index contributed by atoms with van der Waals surface area (Å²) in [5.41, 5.74) is 0. The van der Waals surface area contributed by atoms with Crippen LogP contribution in [0.15, 0.2) is 4.99 Å². The lowest BCUT2D eigenvalue weighted by Crippen LogP contribution is -2.38. The number of rotatable bonds is 3. The van der Waals surface area contributed by atoms with Crippen LogP contribution in [0.5, 0.6) is 0 Å². The fourth-order valence-electron chi connectivity index (χ4n) is 1.26. The van der Waals surface area contributed by atoms with Crippen LogP contribution < -0.4 is 5.32 Å². The van der Waals surface area contributed by atoms with Crippen LogP contribution in [0.25, 0.3) is 0 Å². The topological polar surface area (TPSA) is 44.7 Å². The standard InChI is InChI=1S/C10H19N3OS/c1-4-8-5-6-15-10(12-8)11-7-9(14)13(2)3/h8H,4-7H2,1-3H3,(H,11,12). The number of nitrogens with zero attached hydrogens (tertiary/aromatic N) is 2. The van der Waals surface area contributed by atoms with Crippen molar-refractivity contribution in [2.45, 2.75) is 25.8 Å². The monoisotopic (exact) mass is 229 g/mol. The molecule has 1 amide bonds. The zero-order valence-electron chi connectivity index (χ0n) is 9.62. The summed E-state index contributed by atoms with van der Waals surface area (Å²) in [6.07, 6.45) is 2.29. The maximum absolute atomic E-state index is 11.3. The summed E-state index contributed by atoms with van der Waals surface area (Å²) in [5, 5.41) is 4.26. The molecule has 5 heteroatoms. The van der Waals surface area contributed by atoms with Crippen molar-refractivity contribution in [3.63, 3.8) is 0 Å². The van der Waals surface area contributed by atoms with Gasteiger partial charge in [0.1, 0.15) is 6.54 Å². The third-order valence-corrected chi connectivity index (χ3v) is 3.34. The van der Waals surface area contributed by atoms with E-state index in [0.29, 0.717) is 6.04 Å². The number of amides is 1. The van der Waals surface area contributed by atoms with Crippen molar-refractivity contribution in [3.8, 4) is 0 Å². The van der Waals surface area contributed by atoms with Gasteiger partial charge in [-0.1, -0.05) is 18.7 Å². The van der Waals surface area contributed by atoms with Gasteiger partial charge in [-0.25, -0.2) is 0 Å². The van der Waals surface area contributed by atoms with Gasteiger partial charge in [0.25, 0.3) is 0 Å². The number of aliphatic imine (C=N–C) groups is 1. The number of carbonyl (C=O) groups excluding carboxylic acids is 1. The third kappa shape index (κ3) is 4.11. The zero-order chi connectivity index (χ0) is 11.3. The van der Waals surface area contributed by atoms with E-state index >= 15 is 0 Å². The van der Waals surface area contributed by atoms with Crippen LogP contribution in [0.4, 0.5) is 0 Å². The van der Waals surface area contributed by atoms with E-state index in [1.54, 1.807) is 30.8 Å². The molecule has 1 saturated heterocycles. The largest absolute Gasteiger partial charge is 0.362 e. The van der Waals surface area contributed by atoms with Gasteiger partial charge in [-0.3, -0.25) is 9.79 Å². The number of thioether (sulfide) groups is 1. The Morgan fingerprint density at radius 1 is 1.67 bits per heavy atom. The lowest BCUT2D eigenvalue weighted by molar-refractivity contribution is -0.127. The third-order valence-electron chi connectivity index (χ3n) is 2.38. The van der Waals surface area contributed by atoms with E-state index in [2.05, 4.69) is 17.2 Å². The van der Waals surface area contributed by atoms with E-state index in [0.717, 1.165) is 17.3 Å². The predicted molar refractivity (Wildman–Crippen MR) is 65.3 cm³/mol. The first-order valence-electron chi connectivity index (χ1n) is 5.27. The molecule has 0 aliphatic carbocycles. The Morgan fingerprint density at radius 2 is 2.40 bits per heavy atom. The molecule has 0 radical (unpaired) electrons. The molecule has 0 bridgehead atoms. The molecule has 1 heterocycles. The summed E-state index contributed by atoms with van der Waals surface area (Å²) in [5.74, 6) is 1.14. The summed E-state index contributed by atoms with van der Waals surface area (Å²) < 4.78 is 0. The SMILES string of the molecule is CCC1CCSC(=NCC(=O)N(C)C)N1. The van der Waals surface area contributed by atoms with Crippen molar-refractivity contribution in [2.75, 3.05) is 26.4 Å². The van der Waals surface area contributed by atoms with Gasteiger partial charge in [-0.05, 0) is 12.8 Å². The van der Waals surface area contributed by atoms with Crippen LogP contribution in [0.1, 0.15) is 19.8 Å². The molecule has 4 nitrogen and oxygen atoms in total. The lowest BCUT2D eigenvalue weighted by Gasteiger charge is -2.24. The minimum Gasteiger partial charge on any atom is -0.362 e. The molecule has 1 N–H and O–H groups in total. The molecule has 0 aromatic carbocycles. The van der Waals surface area contributed by atoms with E-state index in [-0.39, 0.29) is 12.5 Å². The van der Waals surface area contributed by atoms with Gasteiger partial charge >= 0.3 is 0 Å².